The zero-order valence-corrected chi connectivity index (χ0v) is 21.4. The first-order valence-electron chi connectivity index (χ1n) is 12.1. The Kier molecular flexibility index (Phi) is 8.89. The van der Waals surface area contributed by atoms with Gasteiger partial charge in [0.15, 0.2) is 0 Å². The quantitative estimate of drug-likeness (QED) is 0.395. The molecule has 0 aliphatic rings. The number of aryl methyl sites for hydroxylation is 2. The van der Waals surface area contributed by atoms with Gasteiger partial charge in [-0.2, -0.15) is 5.10 Å². The molecule has 1 atom stereocenters. The van der Waals surface area contributed by atoms with E-state index in [0.717, 1.165) is 35.7 Å². The van der Waals surface area contributed by atoms with Gasteiger partial charge in [0.05, 0.1) is 35.3 Å². The van der Waals surface area contributed by atoms with Crippen molar-refractivity contribution in [3.63, 3.8) is 0 Å². The van der Waals surface area contributed by atoms with Crippen molar-refractivity contribution in [2.45, 2.75) is 66.2 Å². The highest BCUT2D eigenvalue weighted by atomic mass is 16.5. The second-order valence-corrected chi connectivity index (χ2v) is 9.84. The largest absolute Gasteiger partial charge is 0.439 e. The third-order valence-electron chi connectivity index (χ3n) is 5.47. The predicted molar refractivity (Wildman–Crippen MR) is 137 cm³/mol. The van der Waals surface area contributed by atoms with Gasteiger partial charge in [0.1, 0.15) is 5.75 Å². The number of hydrogen-bond acceptors (Lipinski definition) is 5. The summed E-state index contributed by atoms with van der Waals surface area (Å²) in [6.45, 7) is 14.5. The summed E-state index contributed by atoms with van der Waals surface area (Å²) in [5.41, 5.74) is 3.77. The molecule has 0 aliphatic carbocycles. The Morgan fingerprint density at radius 1 is 1.03 bits per heavy atom. The van der Waals surface area contributed by atoms with Gasteiger partial charge in [-0.3, -0.25) is 4.90 Å². The minimum absolute atomic E-state index is 0.279. The fraction of sp³-hybridized carbons (Fsp3) is 0.464. The molecule has 0 saturated heterocycles. The molecule has 3 rings (SSSR count). The highest BCUT2D eigenvalue weighted by molar-refractivity contribution is 5.43. The maximum Gasteiger partial charge on any atom is 0.227 e. The number of ether oxygens (including phenoxy) is 2. The maximum atomic E-state index is 10.7. The van der Waals surface area contributed by atoms with Crippen molar-refractivity contribution in [2.75, 3.05) is 19.7 Å². The fourth-order valence-electron chi connectivity index (χ4n) is 3.76. The minimum atomic E-state index is -0.572. The van der Waals surface area contributed by atoms with Crippen LogP contribution in [0.5, 0.6) is 11.6 Å². The van der Waals surface area contributed by atoms with Crippen LogP contribution in [0.4, 0.5) is 0 Å². The number of aliphatic hydroxyl groups excluding tert-OH is 1. The van der Waals surface area contributed by atoms with Crippen LogP contribution in [0.1, 0.15) is 50.9 Å². The van der Waals surface area contributed by atoms with E-state index in [4.69, 9.17) is 14.6 Å². The van der Waals surface area contributed by atoms with E-state index in [1.54, 1.807) is 0 Å². The highest BCUT2D eigenvalue weighted by Gasteiger charge is 2.23. The van der Waals surface area contributed by atoms with Crippen molar-refractivity contribution in [3.05, 3.63) is 71.4 Å². The van der Waals surface area contributed by atoms with E-state index in [9.17, 15) is 5.11 Å². The number of aromatic nitrogens is 2. The highest BCUT2D eigenvalue weighted by Crippen LogP contribution is 2.32. The molecule has 2 aromatic carbocycles. The lowest BCUT2D eigenvalue weighted by Crippen LogP contribution is -2.37. The molecule has 1 heterocycles. The van der Waals surface area contributed by atoms with Crippen LogP contribution in [0.2, 0.25) is 0 Å². The summed E-state index contributed by atoms with van der Waals surface area (Å²) in [4.78, 5) is 2.25. The zero-order valence-electron chi connectivity index (χ0n) is 21.4. The van der Waals surface area contributed by atoms with Crippen LogP contribution >= 0.6 is 0 Å². The number of rotatable bonds is 11. The third kappa shape index (κ3) is 7.42. The van der Waals surface area contributed by atoms with E-state index in [-0.39, 0.29) is 5.60 Å². The summed E-state index contributed by atoms with van der Waals surface area (Å²) < 4.78 is 14.1. The van der Waals surface area contributed by atoms with Gasteiger partial charge >= 0.3 is 0 Å². The number of hydrogen-bond donors (Lipinski definition) is 1. The fourth-order valence-corrected chi connectivity index (χ4v) is 3.76. The summed E-state index contributed by atoms with van der Waals surface area (Å²) >= 11 is 0. The first-order valence-corrected chi connectivity index (χ1v) is 12.1. The van der Waals surface area contributed by atoms with E-state index >= 15 is 0 Å². The first kappa shape index (κ1) is 25.9. The zero-order chi connectivity index (χ0) is 24.7. The molecular formula is C28H39N3O3. The van der Waals surface area contributed by atoms with Crippen LogP contribution in [0.3, 0.4) is 0 Å². The van der Waals surface area contributed by atoms with E-state index in [1.165, 1.54) is 5.56 Å². The Balaban J connectivity index is 1.90. The molecular weight excluding hydrogens is 426 g/mol. The molecule has 1 aromatic heterocycles. The molecule has 0 bridgehead atoms. The van der Waals surface area contributed by atoms with E-state index in [0.29, 0.717) is 25.6 Å². The molecule has 184 valence electrons. The van der Waals surface area contributed by atoms with E-state index in [2.05, 4.69) is 18.7 Å². The standard InChI is InChI=1S/C28H39N3O3/c1-7-17-30(18-24(32)20-33-28(4,5)6)19-26-22(3)29-31(23-11-9-8-10-12-23)27(26)34-25-15-13-21(2)14-16-25/h8-16,24,32H,7,17-20H2,1-6H3/t24-/m0/s1. The summed E-state index contributed by atoms with van der Waals surface area (Å²) in [6, 6.07) is 18.1. The second kappa shape index (κ2) is 11.6. The van der Waals surface area contributed by atoms with Gasteiger partial charge in [-0.15, -0.1) is 0 Å². The summed E-state index contributed by atoms with van der Waals surface area (Å²) in [5.74, 6) is 1.47. The number of aliphatic hydroxyl groups is 1. The van der Waals surface area contributed by atoms with Gasteiger partial charge in [0.2, 0.25) is 5.88 Å². The van der Waals surface area contributed by atoms with Crippen molar-refractivity contribution < 1.29 is 14.6 Å². The molecule has 6 nitrogen and oxygen atoms in total. The van der Waals surface area contributed by atoms with Crippen LogP contribution in [-0.2, 0) is 11.3 Å². The predicted octanol–water partition coefficient (Wildman–Crippen LogP) is 5.67. The van der Waals surface area contributed by atoms with Crippen LogP contribution in [0.25, 0.3) is 5.69 Å². The Labute approximate surface area is 204 Å². The Morgan fingerprint density at radius 3 is 2.32 bits per heavy atom. The maximum absolute atomic E-state index is 10.7. The molecule has 0 unspecified atom stereocenters. The van der Waals surface area contributed by atoms with Crippen molar-refractivity contribution in [1.29, 1.82) is 0 Å². The number of nitrogens with zero attached hydrogens (tertiary/aromatic N) is 3. The Morgan fingerprint density at radius 2 is 1.71 bits per heavy atom. The summed E-state index contributed by atoms with van der Waals surface area (Å²) in [7, 11) is 0. The van der Waals surface area contributed by atoms with Gasteiger partial charge in [-0.1, -0.05) is 42.8 Å². The second-order valence-electron chi connectivity index (χ2n) is 9.84. The van der Waals surface area contributed by atoms with Crippen LogP contribution in [0.15, 0.2) is 54.6 Å². The molecule has 0 amide bonds. The Bertz CT molecular complexity index is 1020. The lowest BCUT2D eigenvalue weighted by molar-refractivity contribution is -0.0567. The van der Waals surface area contributed by atoms with Crippen LogP contribution in [0, 0.1) is 13.8 Å². The molecule has 1 N–H and O–H groups in total. The van der Waals surface area contributed by atoms with Gasteiger partial charge in [0.25, 0.3) is 0 Å². The first-order chi connectivity index (χ1) is 16.2. The van der Waals surface area contributed by atoms with Crippen LogP contribution < -0.4 is 4.74 Å². The average molecular weight is 466 g/mol. The van der Waals surface area contributed by atoms with Crippen molar-refractivity contribution in [1.82, 2.24) is 14.7 Å². The van der Waals surface area contributed by atoms with Crippen molar-refractivity contribution in [3.8, 4) is 17.3 Å². The molecule has 0 aliphatic heterocycles. The van der Waals surface area contributed by atoms with Gasteiger partial charge in [0, 0.05) is 13.1 Å². The lowest BCUT2D eigenvalue weighted by Gasteiger charge is -2.27. The lowest BCUT2D eigenvalue weighted by atomic mass is 10.2. The normalized spacial score (nSPS) is 12.8. The molecule has 0 saturated carbocycles. The van der Waals surface area contributed by atoms with Gasteiger partial charge in [-0.25, -0.2) is 4.68 Å². The monoisotopic (exact) mass is 465 g/mol. The van der Waals surface area contributed by atoms with Crippen molar-refractivity contribution >= 4 is 0 Å². The molecule has 0 spiro atoms. The molecule has 0 radical (unpaired) electrons. The summed E-state index contributed by atoms with van der Waals surface area (Å²) in [5, 5.41) is 15.5. The Hall–Kier alpha value is -2.67. The average Bonchev–Trinajstić information content (AvgIpc) is 3.09. The van der Waals surface area contributed by atoms with Crippen LogP contribution in [-0.4, -0.2) is 51.2 Å². The molecule has 6 heteroatoms. The molecule has 3 aromatic rings. The molecule has 34 heavy (non-hydrogen) atoms. The van der Waals surface area contributed by atoms with E-state index in [1.807, 2.05) is 87.0 Å². The van der Waals surface area contributed by atoms with Gasteiger partial charge in [-0.05, 0) is 71.8 Å². The molecule has 0 fully saturated rings. The minimum Gasteiger partial charge on any atom is -0.439 e. The number of para-hydroxylation sites is 1. The van der Waals surface area contributed by atoms with Crippen molar-refractivity contribution in [2.24, 2.45) is 0 Å². The third-order valence-corrected chi connectivity index (χ3v) is 5.47. The smallest absolute Gasteiger partial charge is 0.227 e. The van der Waals surface area contributed by atoms with Gasteiger partial charge < -0.3 is 14.6 Å². The number of benzene rings is 2. The van der Waals surface area contributed by atoms with E-state index < -0.39 is 6.10 Å². The topological polar surface area (TPSA) is 59.8 Å². The SMILES string of the molecule is CCCN(Cc1c(C)nn(-c2ccccc2)c1Oc1ccc(C)cc1)C[C@H](O)COC(C)(C)C. The summed E-state index contributed by atoms with van der Waals surface area (Å²) in [6.07, 6.45) is 0.407.